The smallest absolute Gasteiger partial charge is 0.0676 e. The molecule has 0 aromatic rings. The van der Waals surface area contributed by atoms with E-state index in [0.717, 1.165) is 12.0 Å². The van der Waals surface area contributed by atoms with E-state index >= 15 is 0 Å². The standard InChI is InChI=1S/C7H12O/c1-3-4-5-7(2)6-8/h4-5,8H,2-3,6H2,1H3. The van der Waals surface area contributed by atoms with Gasteiger partial charge in [0.05, 0.1) is 6.61 Å². The van der Waals surface area contributed by atoms with Crippen molar-refractivity contribution >= 4 is 0 Å². The highest BCUT2D eigenvalue weighted by Crippen LogP contribution is 1.90. The van der Waals surface area contributed by atoms with Crippen LogP contribution < -0.4 is 0 Å². The van der Waals surface area contributed by atoms with Crippen LogP contribution in [0.2, 0.25) is 0 Å². The number of aliphatic hydroxyl groups excluding tert-OH is 1. The van der Waals surface area contributed by atoms with Crippen LogP contribution in [-0.2, 0) is 0 Å². The van der Waals surface area contributed by atoms with Crippen LogP contribution in [0.3, 0.4) is 0 Å². The van der Waals surface area contributed by atoms with Crippen LogP contribution in [0.1, 0.15) is 13.3 Å². The van der Waals surface area contributed by atoms with E-state index in [0.29, 0.717) is 0 Å². The molecule has 0 bridgehead atoms. The first-order chi connectivity index (χ1) is 3.81. The molecule has 1 N–H and O–H groups in total. The van der Waals surface area contributed by atoms with Gasteiger partial charge in [-0.05, 0) is 12.0 Å². The van der Waals surface area contributed by atoms with E-state index in [1.54, 1.807) is 0 Å². The van der Waals surface area contributed by atoms with Gasteiger partial charge in [-0.3, -0.25) is 0 Å². The molecule has 1 nitrogen and oxygen atoms in total. The molecule has 0 unspecified atom stereocenters. The highest BCUT2D eigenvalue weighted by atomic mass is 16.3. The van der Waals surface area contributed by atoms with E-state index < -0.39 is 0 Å². The quantitative estimate of drug-likeness (QED) is 0.548. The first-order valence-electron chi connectivity index (χ1n) is 2.76. The van der Waals surface area contributed by atoms with Gasteiger partial charge in [0.25, 0.3) is 0 Å². The molecule has 0 rings (SSSR count). The fourth-order valence-electron chi connectivity index (χ4n) is 0.337. The van der Waals surface area contributed by atoms with Crippen LogP contribution in [0.15, 0.2) is 24.3 Å². The summed E-state index contributed by atoms with van der Waals surface area (Å²) in [5, 5.41) is 8.41. The number of hydrogen-bond acceptors (Lipinski definition) is 1. The molecule has 46 valence electrons. The van der Waals surface area contributed by atoms with Gasteiger partial charge >= 0.3 is 0 Å². The fraction of sp³-hybridized carbons (Fsp3) is 0.429. The number of aliphatic hydroxyl groups is 1. The van der Waals surface area contributed by atoms with E-state index in [1.165, 1.54) is 0 Å². The maximum Gasteiger partial charge on any atom is 0.0676 e. The van der Waals surface area contributed by atoms with Crippen molar-refractivity contribution in [3.05, 3.63) is 24.3 Å². The third kappa shape index (κ3) is 3.62. The lowest BCUT2D eigenvalue weighted by atomic mass is 10.3. The lowest BCUT2D eigenvalue weighted by Gasteiger charge is -1.87. The Labute approximate surface area is 50.3 Å². The SMILES string of the molecule is C=C(C=CCC)CO. The van der Waals surface area contributed by atoms with Crippen molar-refractivity contribution in [3.8, 4) is 0 Å². The van der Waals surface area contributed by atoms with E-state index in [4.69, 9.17) is 5.11 Å². The summed E-state index contributed by atoms with van der Waals surface area (Å²) in [6, 6.07) is 0. The highest BCUT2D eigenvalue weighted by molar-refractivity contribution is 5.13. The van der Waals surface area contributed by atoms with Crippen molar-refractivity contribution in [2.75, 3.05) is 6.61 Å². The van der Waals surface area contributed by atoms with Crippen LogP contribution in [0.25, 0.3) is 0 Å². The summed E-state index contributed by atoms with van der Waals surface area (Å²) in [6.07, 6.45) is 4.80. The molecule has 0 aliphatic carbocycles. The molecule has 0 fully saturated rings. The van der Waals surface area contributed by atoms with Crippen LogP contribution in [0.4, 0.5) is 0 Å². The Kier molecular flexibility index (Phi) is 4.27. The zero-order chi connectivity index (χ0) is 6.41. The molecular formula is C7H12O. The number of rotatable bonds is 3. The first kappa shape index (κ1) is 7.44. The van der Waals surface area contributed by atoms with E-state index in [2.05, 4.69) is 6.58 Å². The third-order valence-electron chi connectivity index (χ3n) is 0.792. The molecule has 0 amide bonds. The van der Waals surface area contributed by atoms with Gasteiger partial charge in [0.1, 0.15) is 0 Å². The van der Waals surface area contributed by atoms with E-state index in [-0.39, 0.29) is 6.61 Å². The Balaban J connectivity index is 3.37. The Morgan fingerprint density at radius 1 is 1.75 bits per heavy atom. The maximum absolute atomic E-state index is 8.41. The summed E-state index contributed by atoms with van der Waals surface area (Å²) in [7, 11) is 0. The maximum atomic E-state index is 8.41. The van der Waals surface area contributed by atoms with E-state index in [1.807, 2.05) is 19.1 Å². The summed E-state index contributed by atoms with van der Waals surface area (Å²) in [5.74, 6) is 0. The molecule has 0 saturated carbocycles. The molecule has 0 heterocycles. The summed E-state index contributed by atoms with van der Waals surface area (Å²) in [6.45, 7) is 5.68. The van der Waals surface area contributed by atoms with Gasteiger partial charge in [-0.25, -0.2) is 0 Å². The molecule has 0 aliphatic heterocycles. The van der Waals surface area contributed by atoms with Gasteiger partial charge < -0.3 is 5.11 Å². The molecule has 0 saturated heterocycles. The molecule has 1 heteroatoms. The summed E-state index contributed by atoms with van der Waals surface area (Å²) >= 11 is 0. The van der Waals surface area contributed by atoms with Gasteiger partial charge in [-0.15, -0.1) is 0 Å². The summed E-state index contributed by atoms with van der Waals surface area (Å²) in [4.78, 5) is 0. The second-order valence-corrected chi connectivity index (χ2v) is 1.63. The Bertz CT molecular complexity index is 92.6. The minimum absolute atomic E-state index is 0.0660. The Hall–Kier alpha value is -0.560. The lowest BCUT2D eigenvalue weighted by Crippen LogP contribution is -1.80. The Morgan fingerprint density at radius 3 is 2.75 bits per heavy atom. The highest BCUT2D eigenvalue weighted by Gasteiger charge is 1.78. The van der Waals surface area contributed by atoms with Crippen LogP contribution >= 0.6 is 0 Å². The monoisotopic (exact) mass is 112 g/mol. The third-order valence-corrected chi connectivity index (χ3v) is 0.792. The average molecular weight is 112 g/mol. The topological polar surface area (TPSA) is 20.2 Å². The predicted octanol–water partition coefficient (Wildman–Crippen LogP) is 1.50. The summed E-state index contributed by atoms with van der Waals surface area (Å²) in [5.41, 5.74) is 0.770. The number of hydrogen-bond donors (Lipinski definition) is 1. The fourth-order valence-corrected chi connectivity index (χ4v) is 0.337. The van der Waals surface area contributed by atoms with Gasteiger partial charge in [-0.2, -0.15) is 0 Å². The molecular weight excluding hydrogens is 100 g/mol. The first-order valence-corrected chi connectivity index (χ1v) is 2.76. The van der Waals surface area contributed by atoms with Crippen LogP contribution in [-0.4, -0.2) is 11.7 Å². The molecule has 0 spiro atoms. The van der Waals surface area contributed by atoms with E-state index in [9.17, 15) is 0 Å². The number of allylic oxidation sites excluding steroid dienone is 1. The summed E-state index contributed by atoms with van der Waals surface area (Å²) < 4.78 is 0. The Morgan fingerprint density at radius 2 is 2.38 bits per heavy atom. The second kappa shape index (κ2) is 4.60. The molecule has 8 heavy (non-hydrogen) atoms. The average Bonchev–Trinajstić information content (AvgIpc) is 1.83. The van der Waals surface area contributed by atoms with Gasteiger partial charge in [0.15, 0.2) is 0 Å². The van der Waals surface area contributed by atoms with Crippen LogP contribution in [0.5, 0.6) is 0 Å². The van der Waals surface area contributed by atoms with Crippen LogP contribution in [0, 0.1) is 0 Å². The molecule has 0 radical (unpaired) electrons. The molecule has 0 aromatic heterocycles. The van der Waals surface area contributed by atoms with Crippen molar-refractivity contribution in [2.24, 2.45) is 0 Å². The predicted molar refractivity (Wildman–Crippen MR) is 35.7 cm³/mol. The van der Waals surface area contributed by atoms with Crippen molar-refractivity contribution in [3.63, 3.8) is 0 Å². The minimum Gasteiger partial charge on any atom is -0.392 e. The molecule has 0 aliphatic rings. The lowest BCUT2D eigenvalue weighted by molar-refractivity contribution is 0.335. The zero-order valence-corrected chi connectivity index (χ0v) is 5.22. The normalized spacial score (nSPS) is 10.2. The van der Waals surface area contributed by atoms with Gasteiger partial charge in [-0.1, -0.05) is 25.7 Å². The van der Waals surface area contributed by atoms with Crippen molar-refractivity contribution in [2.45, 2.75) is 13.3 Å². The largest absolute Gasteiger partial charge is 0.392 e. The van der Waals surface area contributed by atoms with Crippen molar-refractivity contribution in [1.82, 2.24) is 0 Å². The second-order valence-electron chi connectivity index (χ2n) is 1.63. The zero-order valence-electron chi connectivity index (χ0n) is 5.22. The van der Waals surface area contributed by atoms with Crippen molar-refractivity contribution in [1.29, 1.82) is 0 Å². The molecule has 0 atom stereocenters. The minimum atomic E-state index is 0.0660. The van der Waals surface area contributed by atoms with Gasteiger partial charge in [0, 0.05) is 0 Å². The van der Waals surface area contributed by atoms with Gasteiger partial charge in [0.2, 0.25) is 0 Å². The molecule has 0 aromatic carbocycles. The van der Waals surface area contributed by atoms with Crippen molar-refractivity contribution < 1.29 is 5.11 Å².